The molecule has 26 heavy (non-hydrogen) atoms. The molecule has 5 nitrogen and oxygen atoms in total. The molecule has 2 aliphatic heterocycles. The lowest BCUT2D eigenvalue weighted by molar-refractivity contribution is 0.134. The van der Waals surface area contributed by atoms with Crippen LogP contribution in [0.25, 0.3) is 0 Å². The maximum Gasteiger partial charge on any atom is 0.454 e. The van der Waals surface area contributed by atoms with Gasteiger partial charge in [0.2, 0.25) is 0 Å². The number of benzene rings is 1. The number of nitrogens with zero attached hydrogens (tertiary/aromatic N) is 1. The summed E-state index contributed by atoms with van der Waals surface area (Å²) in [6.07, 6.45) is 2.17. The third-order valence-electron chi connectivity index (χ3n) is 5.72. The largest absolute Gasteiger partial charge is 0.491 e. The molecule has 0 spiro atoms. The topological polar surface area (TPSA) is 40.2 Å². The number of hydrogen-bond donors (Lipinski definition) is 0. The lowest BCUT2D eigenvalue weighted by atomic mass is 9.81. The molecule has 0 bridgehead atoms. The molecule has 1 aromatic carbocycles. The zero-order chi connectivity index (χ0) is 18.5. The number of rotatable bonds is 3. The zero-order valence-electron chi connectivity index (χ0n) is 16.5. The molecule has 0 amide bonds. The molecule has 0 aromatic heterocycles. The predicted octanol–water partition coefficient (Wildman–Crippen LogP) is 2.68. The smallest absolute Gasteiger partial charge is 0.454 e. The van der Waals surface area contributed by atoms with Gasteiger partial charge in [-0.25, -0.2) is 0 Å². The standard InChI is InChI=1S/C19H29B2NO4/c1-19(2,3)22-11-14(24-20(22)4)12-23-16-8-6-7-13-9-17-18(10-15(13)16)26-21(5)25-17/h6-8,14,17-18H,9-12H2,1-5H3. The third-order valence-corrected chi connectivity index (χ3v) is 5.72. The van der Waals surface area contributed by atoms with Gasteiger partial charge in [-0.05, 0) is 52.5 Å². The molecule has 2 heterocycles. The average molecular weight is 357 g/mol. The molecule has 1 aliphatic carbocycles. The third kappa shape index (κ3) is 3.55. The van der Waals surface area contributed by atoms with Gasteiger partial charge < -0.3 is 23.5 Å². The summed E-state index contributed by atoms with van der Waals surface area (Å²) in [7, 11) is 0.0139. The summed E-state index contributed by atoms with van der Waals surface area (Å²) in [5, 5.41) is 0. The molecular weight excluding hydrogens is 328 g/mol. The van der Waals surface area contributed by atoms with E-state index in [0.717, 1.165) is 25.1 Å². The highest BCUT2D eigenvalue weighted by molar-refractivity contribution is 6.48. The second kappa shape index (κ2) is 6.86. The van der Waals surface area contributed by atoms with Crippen molar-refractivity contribution in [3.63, 3.8) is 0 Å². The molecule has 2 fully saturated rings. The molecule has 0 saturated carbocycles. The molecule has 4 rings (SSSR count). The maximum atomic E-state index is 6.22. The lowest BCUT2D eigenvalue weighted by Gasteiger charge is -2.32. The van der Waals surface area contributed by atoms with Crippen LogP contribution >= 0.6 is 0 Å². The highest BCUT2D eigenvalue weighted by Crippen LogP contribution is 2.35. The maximum absolute atomic E-state index is 6.22. The van der Waals surface area contributed by atoms with Gasteiger partial charge in [-0.1, -0.05) is 12.1 Å². The van der Waals surface area contributed by atoms with Gasteiger partial charge in [0, 0.05) is 24.1 Å². The van der Waals surface area contributed by atoms with Gasteiger partial charge in [0.1, 0.15) is 12.4 Å². The predicted molar refractivity (Wildman–Crippen MR) is 104 cm³/mol. The molecule has 140 valence electrons. The molecule has 2 saturated heterocycles. The molecule has 0 radical (unpaired) electrons. The Morgan fingerprint density at radius 2 is 1.85 bits per heavy atom. The molecule has 0 N–H and O–H groups in total. The summed E-state index contributed by atoms with van der Waals surface area (Å²) in [6.45, 7) is 12.3. The van der Waals surface area contributed by atoms with Gasteiger partial charge >= 0.3 is 14.2 Å². The van der Waals surface area contributed by atoms with Crippen molar-refractivity contribution in [2.45, 2.75) is 71.1 Å². The van der Waals surface area contributed by atoms with Gasteiger partial charge in [0.15, 0.2) is 0 Å². The van der Waals surface area contributed by atoms with Gasteiger partial charge in [-0.3, -0.25) is 0 Å². The summed E-state index contributed by atoms with van der Waals surface area (Å²) >= 11 is 0. The molecular formula is C19H29B2NO4. The molecule has 3 atom stereocenters. The first-order chi connectivity index (χ1) is 12.3. The van der Waals surface area contributed by atoms with E-state index in [1.165, 1.54) is 11.1 Å². The van der Waals surface area contributed by atoms with Crippen molar-refractivity contribution in [2.75, 3.05) is 13.2 Å². The van der Waals surface area contributed by atoms with Crippen LogP contribution in [0, 0.1) is 0 Å². The second-order valence-corrected chi connectivity index (χ2v) is 8.71. The Kier molecular flexibility index (Phi) is 4.84. The molecule has 1 aromatic rings. The first-order valence-electron chi connectivity index (χ1n) is 9.78. The van der Waals surface area contributed by atoms with E-state index in [2.05, 4.69) is 50.6 Å². The van der Waals surface area contributed by atoms with Crippen LogP contribution in [0.5, 0.6) is 5.75 Å². The molecule has 3 unspecified atom stereocenters. The number of fused-ring (bicyclic) bond motifs is 2. The SMILES string of the molecule is CB1OC2Cc3cccc(OCC4CN(C(C)(C)C)B(C)O4)c3CC2O1. The first-order valence-corrected chi connectivity index (χ1v) is 9.78. The zero-order valence-corrected chi connectivity index (χ0v) is 16.5. The van der Waals surface area contributed by atoms with Crippen molar-refractivity contribution < 1.29 is 18.7 Å². The Morgan fingerprint density at radius 1 is 1.12 bits per heavy atom. The minimum Gasteiger partial charge on any atom is -0.491 e. The Morgan fingerprint density at radius 3 is 2.54 bits per heavy atom. The van der Waals surface area contributed by atoms with Crippen molar-refractivity contribution >= 4 is 14.2 Å². The average Bonchev–Trinajstić information content (AvgIpc) is 3.11. The highest BCUT2D eigenvalue weighted by atomic mass is 16.7. The van der Waals surface area contributed by atoms with E-state index in [-0.39, 0.29) is 38.0 Å². The Labute approximate surface area is 157 Å². The Hall–Kier alpha value is -1.01. The molecule has 7 heteroatoms. The van der Waals surface area contributed by atoms with Crippen LogP contribution in [0.4, 0.5) is 0 Å². The lowest BCUT2D eigenvalue weighted by Crippen LogP contribution is -2.46. The van der Waals surface area contributed by atoms with Crippen LogP contribution < -0.4 is 4.74 Å². The van der Waals surface area contributed by atoms with E-state index in [4.69, 9.17) is 18.7 Å². The van der Waals surface area contributed by atoms with E-state index >= 15 is 0 Å². The van der Waals surface area contributed by atoms with Crippen molar-refractivity contribution in [3.05, 3.63) is 29.3 Å². The number of ether oxygens (including phenoxy) is 1. The van der Waals surface area contributed by atoms with E-state index in [1.54, 1.807) is 0 Å². The summed E-state index contributed by atoms with van der Waals surface area (Å²) in [4.78, 5) is 2.39. The van der Waals surface area contributed by atoms with Crippen LogP contribution in [0.3, 0.4) is 0 Å². The Balaban J connectivity index is 1.42. The minimum absolute atomic E-state index is 0.0995. The van der Waals surface area contributed by atoms with Gasteiger partial charge in [-0.15, -0.1) is 0 Å². The quantitative estimate of drug-likeness (QED) is 0.778. The van der Waals surface area contributed by atoms with E-state index in [1.807, 2.05) is 6.82 Å². The van der Waals surface area contributed by atoms with E-state index < -0.39 is 0 Å². The minimum atomic E-state index is -0.111. The van der Waals surface area contributed by atoms with Crippen molar-refractivity contribution in [1.29, 1.82) is 0 Å². The van der Waals surface area contributed by atoms with Gasteiger partial charge in [0.25, 0.3) is 0 Å². The number of hydrogen-bond acceptors (Lipinski definition) is 5. The van der Waals surface area contributed by atoms with E-state index in [9.17, 15) is 0 Å². The highest BCUT2D eigenvalue weighted by Gasteiger charge is 2.41. The van der Waals surface area contributed by atoms with Crippen LogP contribution in [0.1, 0.15) is 31.9 Å². The fourth-order valence-electron chi connectivity index (χ4n) is 4.50. The van der Waals surface area contributed by atoms with E-state index in [0.29, 0.717) is 6.61 Å². The van der Waals surface area contributed by atoms with Crippen LogP contribution in [0.2, 0.25) is 13.6 Å². The monoisotopic (exact) mass is 357 g/mol. The fraction of sp³-hybridized carbons (Fsp3) is 0.684. The van der Waals surface area contributed by atoms with Crippen molar-refractivity contribution in [2.24, 2.45) is 0 Å². The summed E-state index contributed by atoms with van der Waals surface area (Å²) < 4.78 is 24.1. The first kappa shape index (κ1) is 18.4. The summed E-state index contributed by atoms with van der Waals surface area (Å²) in [5.74, 6) is 0.967. The van der Waals surface area contributed by atoms with Gasteiger partial charge in [0.05, 0.1) is 18.3 Å². The summed E-state index contributed by atoms with van der Waals surface area (Å²) in [6, 6.07) is 6.33. The molecule has 3 aliphatic rings. The van der Waals surface area contributed by atoms with Crippen molar-refractivity contribution in [3.8, 4) is 5.75 Å². The fourth-order valence-corrected chi connectivity index (χ4v) is 4.50. The second-order valence-electron chi connectivity index (χ2n) is 8.71. The van der Waals surface area contributed by atoms with Crippen LogP contribution in [-0.4, -0.2) is 56.0 Å². The normalized spacial score (nSPS) is 29.0. The van der Waals surface area contributed by atoms with Gasteiger partial charge in [-0.2, -0.15) is 0 Å². The van der Waals surface area contributed by atoms with Crippen LogP contribution in [0.15, 0.2) is 18.2 Å². The Bertz CT molecular complexity index is 665. The summed E-state index contributed by atoms with van der Waals surface area (Å²) in [5.41, 5.74) is 2.69. The van der Waals surface area contributed by atoms with Crippen LogP contribution in [-0.2, 0) is 26.8 Å². The van der Waals surface area contributed by atoms with Crippen molar-refractivity contribution in [1.82, 2.24) is 4.81 Å².